The van der Waals surface area contributed by atoms with E-state index in [-0.39, 0.29) is 12.5 Å². The van der Waals surface area contributed by atoms with Crippen LogP contribution in [-0.4, -0.2) is 22.9 Å². The highest BCUT2D eigenvalue weighted by atomic mass is 16.5. The number of esters is 1. The van der Waals surface area contributed by atoms with E-state index in [2.05, 4.69) is 15.9 Å². The first-order valence-electron chi connectivity index (χ1n) is 5.82. The van der Waals surface area contributed by atoms with E-state index in [1.807, 2.05) is 18.2 Å². The van der Waals surface area contributed by atoms with Crippen LogP contribution < -0.4 is 0 Å². The van der Waals surface area contributed by atoms with Crippen LogP contribution >= 0.6 is 0 Å². The van der Waals surface area contributed by atoms with Gasteiger partial charge in [-0.1, -0.05) is 18.2 Å². The fourth-order valence-electron chi connectivity index (χ4n) is 2.12. The lowest BCUT2D eigenvalue weighted by Gasteiger charge is -2.00. The summed E-state index contributed by atoms with van der Waals surface area (Å²) in [6.45, 7) is 0.184. The van der Waals surface area contributed by atoms with Gasteiger partial charge in [-0.3, -0.25) is 9.48 Å². The number of aromatic nitrogens is 2. The third-order valence-corrected chi connectivity index (χ3v) is 3.16. The number of rotatable bonds is 3. The number of hydrogen-bond donors (Lipinski definition) is 0. The summed E-state index contributed by atoms with van der Waals surface area (Å²) in [5.74, 6) is 0.319. The molecule has 0 bridgehead atoms. The first-order valence-corrected chi connectivity index (χ1v) is 5.82. The van der Waals surface area contributed by atoms with Gasteiger partial charge in [-0.2, -0.15) is 5.10 Å². The Morgan fingerprint density at radius 3 is 2.94 bits per heavy atom. The number of methoxy groups -OCH3 is 1. The second-order valence-corrected chi connectivity index (χ2v) is 4.41. The second-order valence-electron chi connectivity index (χ2n) is 4.41. The Morgan fingerprint density at radius 2 is 2.24 bits per heavy atom. The molecule has 3 rings (SSSR count). The van der Waals surface area contributed by atoms with E-state index in [0.29, 0.717) is 5.92 Å². The average Bonchev–Trinajstić information content (AvgIpc) is 3.14. The molecule has 1 aromatic carbocycles. The third kappa shape index (κ3) is 1.79. The Labute approximate surface area is 99.2 Å². The molecule has 17 heavy (non-hydrogen) atoms. The number of ether oxygens (including phenoxy) is 1. The zero-order valence-electron chi connectivity index (χ0n) is 9.72. The molecule has 0 saturated heterocycles. The Hall–Kier alpha value is -1.84. The van der Waals surface area contributed by atoms with Crippen LogP contribution in [0, 0.1) is 0 Å². The van der Waals surface area contributed by atoms with Crippen LogP contribution in [0.5, 0.6) is 0 Å². The van der Waals surface area contributed by atoms with Crippen LogP contribution in [0.1, 0.15) is 24.5 Å². The molecule has 0 radical (unpaired) electrons. The van der Waals surface area contributed by atoms with Crippen molar-refractivity contribution in [2.75, 3.05) is 7.11 Å². The highest BCUT2D eigenvalue weighted by molar-refractivity contribution is 5.84. The summed E-state index contributed by atoms with van der Waals surface area (Å²) in [7, 11) is 1.40. The Balaban J connectivity index is 2.08. The van der Waals surface area contributed by atoms with E-state index in [1.165, 1.54) is 25.3 Å². The fourth-order valence-corrected chi connectivity index (χ4v) is 2.12. The van der Waals surface area contributed by atoms with E-state index < -0.39 is 0 Å². The molecule has 0 aliphatic heterocycles. The zero-order chi connectivity index (χ0) is 11.8. The van der Waals surface area contributed by atoms with Gasteiger partial charge in [0.2, 0.25) is 0 Å². The molecule has 4 nitrogen and oxygen atoms in total. The lowest BCUT2D eigenvalue weighted by atomic mass is 10.1. The molecule has 88 valence electrons. The second kappa shape index (κ2) is 3.87. The molecule has 0 N–H and O–H groups in total. The minimum Gasteiger partial charge on any atom is -0.468 e. The van der Waals surface area contributed by atoms with Gasteiger partial charge in [0.1, 0.15) is 6.54 Å². The van der Waals surface area contributed by atoms with E-state index in [4.69, 9.17) is 0 Å². The summed E-state index contributed by atoms with van der Waals surface area (Å²) in [6.07, 6.45) is 2.42. The predicted octanol–water partition coefficient (Wildman–Crippen LogP) is 2.09. The van der Waals surface area contributed by atoms with Gasteiger partial charge in [0, 0.05) is 11.3 Å². The van der Waals surface area contributed by atoms with Crippen LogP contribution in [0.2, 0.25) is 0 Å². The number of carbonyl (C=O) groups excluding carboxylic acids is 1. The van der Waals surface area contributed by atoms with Crippen molar-refractivity contribution in [3.63, 3.8) is 0 Å². The molecule has 0 spiro atoms. The van der Waals surface area contributed by atoms with Crippen molar-refractivity contribution in [3.05, 3.63) is 30.0 Å². The number of fused-ring (bicyclic) bond motifs is 1. The van der Waals surface area contributed by atoms with Crippen molar-refractivity contribution in [3.8, 4) is 0 Å². The molecule has 1 aromatic heterocycles. The molecular formula is C13H14N2O2. The van der Waals surface area contributed by atoms with Crippen LogP contribution in [-0.2, 0) is 16.1 Å². The van der Waals surface area contributed by atoms with Gasteiger partial charge in [-0.25, -0.2) is 0 Å². The van der Waals surface area contributed by atoms with Gasteiger partial charge < -0.3 is 4.74 Å². The Bertz CT molecular complexity index is 570. The maximum Gasteiger partial charge on any atom is 0.327 e. The molecule has 0 amide bonds. The summed E-state index contributed by atoms with van der Waals surface area (Å²) < 4.78 is 6.43. The molecule has 0 unspecified atom stereocenters. The van der Waals surface area contributed by atoms with Crippen molar-refractivity contribution in [1.29, 1.82) is 0 Å². The van der Waals surface area contributed by atoms with Gasteiger partial charge in [0.25, 0.3) is 0 Å². The lowest BCUT2D eigenvalue weighted by Crippen LogP contribution is -2.12. The van der Waals surface area contributed by atoms with E-state index in [1.54, 1.807) is 4.68 Å². The minimum atomic E-state index is -0.263. The van der Waals surface area contributed by atoms with Crippen molar-refractivity contribution in [1.82, 2.24) is 9.78 Å². The van der Waals surface area contributed by atoms with Gasteiger partial charge in [-0.15, -0.1) is 0 Å². The standard InChI is InChI=1S/C13H14N2O2/c1-17-12(16)8-15-11-5-3-2-4-10(11)13(14-15)9-6-7-9/h2-5,9H,6-8H2,1H3. The van der Waals surface area contributed by atoms with Crippen molar-refractivity contribution < 1.29 is 9.53 Å². The maximum absolute atomic E-state index is 11.3. The number of para-hydroxylation sites is 1. The predicted molar refractivity (Wildman–Crippen MR) is 63.7 cm³/mol. The number of carbonyl (C=O) groups is 1. The summed E-state index contributed by atoms with van der Waals surface area (Å²) in [5, 5.41) is 5.72. The summed E-state index contributed by atoms with van der Waals surface area (Å²) in [6, 6.07) is 8.05. The first kappa shape index (κ1) is 10.3. The minimum absolute atomic E-state index is 0.184. The zero-order valence-corrected chi connectivity index (χ0v) is 9.72. The Morgan fingerprint density at radius 1 is 1.47 bits per heavy atom. The molecule has 0 atom stereocenters. The lowest BCUT2D eigenvalue weighted by molar-refractivity contribution is -0.141. The third-order valence-electron chi connectivity index (χ3n) is 3.16. The van der Waals surface area contributed by atoms with Gasteiger partial charge in [0.15, 0.2) is 0 Å². The summed E-state index contributed by atoms with van der Waals surface area (Å²) in [5.41, 5.74) is 2.14. The fraction of sp³-hybridized carbons (Fsp3) is 0.385. The Kier molecular flexibility index (Phi) is 2.35. The molecule has 1 aliphatic carbocycles. The molecule has 1 fully saturated rings. The SMILES string of the molecule is COC(=O)Cn1nc(C2CC2)c2ccccc21. The molecular weight excluding hydrogens is 216 g/mol. The molecule has 1 heterocycles. The molecule has 4 heteroatoms. The van der Waals surface area contributed by atoms with E-state index in [9.17, 15) is 4.79 Å². The summed E-state index contributed by atoms with van der Waals surface area (Å²) >= 11 is 0. The monoisotopic (exact) mass is 230 g/mol. The maximum atomic E-state index is 11.3. The molecule has 1 aliphatic rings. The normalized spacial score (nSPS) is 15.1. The van der Waals surface area contributed by atoms with Gasteiger partial charge in [-0.05, 0) is 18.9 Å². The summed E-state index contributed by atoms with van der Waals surface area (Å²) in [4.78, 5) is 11.3. The van der Waals surface area contributed by atoms with Crippen LogP contribution in [0.4, 0.5) is 0 Å². The molecule has 2 aromatic rings. The van der Waals surface area contributed by atoms with Gasteiger partial charge in [0.05, 0.1) is 18.3 Å². The van der Waals surface area contributed by atoms with Crippen molar-refractivity contribution >= 4 is 16.9 Å². The smallest absolute Gasteiger partial charge is 0.327 e. The van der Waals surface area contributed by atoms with E-state index in [0.717, 1.165) is 11.2 Å². The first-order chi connectivity index (χ1) is 8.29. The van der Waals surface area contributed by atoms with E-state index >= 15 is 0 Å². The van der Waals surface area contributed by atoms with Crippen LogP contribution in [0.25, 0.3) is 10.9 Å². The molecule has 1 saturated carbocycles. The number of benzene rings is 1. The van der Waals surface area contributed by atoms with Gasteiger partial charge >= 0.3 is 5.97 Å². The largest absolute Gasteiger partial charge is 0.468 e. The highest BCUT2D eigenvalue weighted by Gasteiger charge is 2.29. The topological polar surface area (TPSA) is 44.1 Å². The quantitative estimate of drug-likeness (QED) is 0.758. The van der Waals surface area contributed by atoms with Crippen molar-refractivity contribution in [2.45, 2.75) is 25.3 Å². The number of hydrogen-bond acceptors (Lipinski definition) is 3. The number of nitrogens with zero attached hydrogens (tertiary/aromatic N) is 2. The van der Waals surface area contributed by atoms with Crippen LogP contribution in [0.15, 0.2) is 24.3 Å². The highest BCUT2D eigenvalue weighted by Crippen LogP contribution is 2.42. The van der Waals surface area contributed by atoms with Crippen LogP contribution in [0.3, 0.4) is 0 Å². The van der Waals surface area contributed by atoms with Crippen molar-refractivity contribution in [2.24, 2.45) is 0 Å². The average molecular weight is 230 g/mol.